The molecule has 0 atom stereocenters. The minimum absolute atomic E-state index is 0.925. The number of pyridine rings is 1. The molecule has 11 rings (SSSR count). The van der Waals surface area contributed by atoms with E-state index in [0.29, 0.717) is 0 Å². The Bertz CT molecular complexity index is 3070. The molecule has 0 fully saturated rings. The van der Waals surface area contributed by atoms with Gasteiger partial charge in [0.15, 0.2) is 0 Å². The Hall–Kier alpha value is -7.27. The maximum absolute atomic E-state index is 5.97. The monoisotopic (exact) mass is 743 g/mol. The SMILES string of the molecule is c1ccc(-c2ccc([Si](c3ccccc3)(c3ccccc3)c3ccccc3)nc2-n2c3ccccc3c3cc(-n4c5ccccc5c5ccccc54)ccc32)cc1. The molecule has 0 N–H and O–H groups in total. The van der Waals surface area contributed by atoms with E-state index >= 15 is 0 Å². The number of rotatable bonds is 7. The largest absolute Gasteiger partial charge is 0.309 e. The van der Waals surface area contributed by atoms with Gasteiger partial charge in [-0.1, -0.05) is 176 Å². The molecular weight excluding hydrogens is 707 g/mol. The van der Waals surface area contributed by atoms with Crippen LogP contribution >= 0.6 is 0 Å². The summed E-state index contributed by atoms with van der Waals surface area (Å²) in [4.78, 5) is 5.97. The summed E-state index contributed by atoms with van der Waals surface area (Å²) in [6.45, 7) is 0. The zero-order valence-electron chi connectivity index (χ0n) is 31.2. The molecule has 0 unspecified atom stereocenters. The number of aromatic nitrogens is 3. The van der Waals surface area contributed by atoms with Crippen LogP contribution in [0.4, 0.5) is 0 Å². The van der Waals surface area contributed by atoms with E-state index in [9.17, 15) is 0 Å². The Labute approximate surface area is 332 Å². The van der Waals surface area contributed by atoms with Gasteiger partial charge in [0.25, 0.3) is 0 Å². The first-order valence-electron chi connectivity index (χ1n) is 19.6. The van der Waals surface area contributed by atoms with Crippen LogP contribution < -0.4 is 20.9 Å². The van der Waals surface area contributed by atoms with E-state index in [1.165, 1.54) is 48.1 Å². The molecule has 0 aliphatic heterocycles. The van der Waals surface area contributed by atoms with Gasteiger partial charge in [-0.2, -0.15) is 0 Å². The van der Waals surface area contributed by atoms with E-state index in [-0.39, 0.29) is 0 Å². The number of para-hydroxylation sites is 3. The van der Waals surface area contributed by atoms with Gasteiger partial charge >= 0.3 is 0 Å². The normalized spacial score (nSPS) is 11.9. The van der Waals surface area contributed by atoms with E-state index in [4.69, 9.17) is 4.98 Å². The van der Waals surface area contributed by atoms with Crippen molar-refractivity contribution < 1.29 is 0 Å². The molecule has 4 heteroatoms. The van der Waals surface area contributed by atoms with Crippen molar-refractivity contribution in [1.29, 1.82) is 0 Å². The number of hydrogen-bond donors (Lipinski definition) is 0. The molecule has 3 heterocycles. The predicted molar refractivity (Wildman–Crippen MR) is 242 cm³/mol. The molecule has 3 nitrogen and oxygen atoms in total. The van der Waals surface area contributed by atoms with Crippen molar-refractivity contribution >= 4 is 72.6 Å². The number of nitrogens with zero attached hydrogens (tertiary/aromatic N) is 3. The maximum atomic E-state index is 5.97. The van der Waals surface area contributed by atoms with Gasteiger partial charge in [0.1, 0.15) is 5.82 Å². The van der Waals surface area contributed by atoms with E-state index in [1.54, 1.807) is 0 Å². The molecule has 0 aliphatic carbocycles. The summed E-state index contributed by atoms with van der Waals surface area (Å²) in [6.07, 6.45) is 0. The van der Waals surface area contributed by atoms with Crippen molar-refractivity contribution in [2.45, 2.75) is 0 Å². The van der Waals surface area contributed by atoms with Crippen LogP contribution in [0.2, 0.25) is 0 Å². The van der Waals surface area contributed by atoms with Gasteiger partial charge in [-0.25, -0.2) is 4.98 Å². The number of benzene rings is 8. The third-order valence-electron chi connectivity index (χ3n) is 11.7. The van der Waals surface area contributed by atoms with Crippen molar-refractivity contribution in [3.63, 3.8) is 0 Å². The van der Waals surface area contributed by atoms with Gasteiger partial charge in [0.05, 0.1) is 22.1 Å². The molecule has 0 radical (unpaired) electrons. The highest BCUT2D eigenvalue weighted by atomic mass is 28.3. The second-order valence-corrected chi connectivity index (χ2v) is 18.4. The molecule has 0 bridgehead atoms. The Morgan fingerprint density at radius 2 is 0.754 bits per heavy atom. The second kappa shape index (κ2) is 13.5. The first-order valence-corrected chi connectivity index (χ1v) is 21.6. The summed E-state index contributed by atoms with van der Waals surface area (Å²) in [6, 6.07) is 81.7. The van der Waals surface area contributed by atoms with Crippen LogP contribution in [0.3, 0.4) is 0 Å². The number of fused-ring (bicyclic) bond motifs is 6. The fourth-order valence-electron chi connectivity index (χ4n) is 9.21. The highest BCUT2D eigenvalue weighted by Gasteiger charge is 2.43. The summed E-state index contributed by atoms with van der Waals surface area (Å²) >= 11 is 0. The van der Waals surface area contributed by atoms with E-state index in [2.05, 4.69) is 234 Å². The van der Waals surface area contributed by atoms with Gasteiger partial charge in [-0.15, -0.1) is 0 Å². The van der Waals surface area contributed by atoms with E-state index < -0.39 is 8.07 Å². The highest BCUT2D eigenvalue weighted by Crippen LogP contribution is 2.38. The maximum Gasteiger partial charge on any atom is 0.201 e. The minimum atomic E-state index is -2.93. The van der Waals surface area contributed by atoms with Crippen LogP contribution in [-0.4, -0.2) is 22.2 Å². The zero-order valence-corrected chi connectivity index (χ0v) is 32.2. The molecular formula is C53H37N3Si. The van der Waals surface area contributed by atoms with Gasteiger partial charge < -0.3 is 4.57 Å². The third kappa shape index (κ3) is 5.15. The van der Waals surface area contributed by atoms with Crippen molar-refractivity contribution in [3.05, 3.63) is 224 Å². The molecule has 11 aromatic rings. The standard InChI is InChI=1S/C53H37N3Si/c1-5-19-38(20-6-1)43-34-36-52(57(40-21-7-2-8-22-40,41-23-9-3-10-24-41)42-25-11-4-12-26-42)54-53(43)56-50-32-18-15-29-46(50)47-37-39(33-35-51(47)56)55-48-30-16-13-27-44(48)45-28-14-17-31-49(45)55/h1-37H. The predicted octanol–water partition coefficient (Wildman–Crippen LogP) is 10.3. The van der Waals surface area contributed by atoms with Gasteiger partial charge in [-0.3, -0.25) is 4.57 Å². The Morgan fingerprint density at radius 3 is 1.28 bits per heavy atom. The van der Waals surface area contributed by atoms with Crippen LogP contribution in [0.25, 0.3) is 66.2 Å². The zero-order chi connectivity index (χ0) is 37.8. The van der Waals surface area contributed by atoms with Crippen LogP contribution in [-0.2, 0) is 0 Å². The van der Waals surface area contributed by atoms with E-state index in [0.717, 1.165) is 39.0 Å². The van der Waals surface area contributed by atoms with Crippen LogP contribution in [0.15, 0.2) is 224 Å². The molecule has 0 saturated heterocycles. The van der Waals surface area contributed by atoms with Crippen LogP contribution in [0.1, 0.15) is 0 Å². The Morgan fingerprint density at radius 1 is 0.333 bits per heavy atom. The summed E-state index contributed by atoms with van der Waals surface area (Å²) < 4.78 is 4.82. The van der Waals surface area contributed by atoms with Crippen molar-refractivity contribution in [1.82, 2.24) is 14.1 Å². The van der Waals surface area contributed by atoms with Crippen LogP contribution in [0, 0.1) is 0 Å². The summed E-state index contributed by atoms with van der Waals surface area (Å²) in [7, 11) is -2.93. The fraction of sp³-hybridized carbons (Fsp3) is 0. The summed E-state index contributed by atoms with van der Waals surface area (Å²) in [5, 5.41) is 9.88. The van der Waals surface area contributed by atoms with E-state index in [1.807, 2.05) is 0 Å². The first kappa shape index (κ1) is 33.1. The molecule has 8 aromatic carbocycles. The molecule has 0 spiro atoms. The molecule has 0 amide bonds. The van der Waals surface area contributed by atoms with Crippen molar-refractivity contribution in [2.24, 2.45) is 0 Å². The lowest BCUT2D eigenvalue weighted by molar-refractivity contribution is 1.09. The van der Waals surface area contributed by atoms with Gasteiger partial charge in [-0.05, 0) is 69.7 Å². The lowest BCUT2D eigenvalue weighted by Crippen LogP contribution is -2.75. The minimum Gasteiger partial charge on any atom is -0.309 e. The summed E-state index contributed by atoms with van der Waals surface area (Å²) in [5.74, 6) is 0.925. The quantitative estimate of drug-likeness (QED) is 0.118. The van der Waals surface area contributed by atoms with Crippen molar-refractivity contribution in [2.75, 3.05) is 0 Å². The lowest BCUT2D eigenvalue weighted by atomic mass is 10.1. The molecule has 3 aromatic heterocycles. The Balaban J connectivity index is 1.23. The Kier molecular flexibility index (Phi) is 7.83. The average molecular weight is 744 g/mol. The molecule has 0 aliphatic rings. The first-order chi connectivity index (χ1) is 28.3. The van der Waals surface area contributed by atoms with Crippen molar-refractivity contribution in [3.8, 4) is 22.6 Å². The fourth-order valence-corrected chi connectivity index (χ4v) is 13.8. The lowest BCUT2D eigenvalue weighted by Gasteiger charge is -2.33. The molecule has 57 heavy (non-hydrogen) atoms. The number of hydrogen-bond acceptors (Lipinski definition) is 1. The molecule has 0 saturated carbocycles. The average Bonchev–Trinajstić information content (AvgIpc) is 3.81. The molecule has 268 valence electrons. The second-order valence-electron chi connectivity index (χ2n) is 14.7. The smallest absolute Gasteiger partial charge is 0.201 e. The summed E-state index contributed by atoms with van der Waals surface area (Å²) in [5.41, 5.74) is 8.00. The highest BCUT2D eigenvalue weighted by molar-refractivity contribution is 7.19. The van der Waals surface area contributed by atoms with Gasteiger partial charge in [0.2, 0.25) is 8.07 Å². The van der Waals surface area contributed by atoms with Crippen LogP contribution in [0.5, 0.6) is 0 Å². The third-order valence-corrected chi connectivity index (χ3v) is 16.3. The van der Waals surface area contributed by atoms with Gasteiger partial charge in [0, 0.05) is 38.1 Å². The topological polar surface area (TPSA) is 22.8 Å².